The summed E-state index contributed by atoms with van der Waals surface area (Å²) in [4.78, 5) is 38.9. The predicted molar refractivity (Wildman–Crippen MR) is 116 cm³/mol. The van der Waals surface area contributed by atoms with Gasteiger partial charge in [-0.05, 0) is 69.2 Å². The van der Waals surface area contributed by atoms with E-state index >= 15 is 0 Å². The topological polar surface area (TPSA) is 87.7 Å². The molecule has 1 fully saturated rings. The molecule has 7 heteroatoms. The lowest BCUT2D eigenvalue weighted by atomic mass is 10.1. The summed E-state index contributed by atoms with van der Waals surface area (Å²) in [6.45, 7) is 5.77. The van der Waals surface area contributed by atoms with Gasteiger partial charge in [-0.3, -0.25) is 14.4 Å². The normalized spacial score (nSPS) is 15.5. The molecule has 158 valence electrons. The molecule has 0 saturated carbocycles. The number of anilines is 2. The van der Waals surface area contributed by atoms with Crippen molar-refractivity contribution in [3.63, 3.8) is 0 Å². The molecule has 0 aromatic heterocycles. The van der Waals surface area contributed by atoms with E-state index in [4.69, 9.17) is 4.74 Å². The number of nitrogens with one attached hydrogen (secondary N) is 2. The molecule has 1 aliphatic rings. The highest BCUT2D eigenvalue weighted by Gasteiger charge is 2.23. The highest BCUT2D eigenvalue weighted by atomic mass is 16.5. The lowest BCUT2D eigenvalue weighted by Gasteiger charge is -2.18. The fourth-order valence-corrected chi connectivity index (χ4v) is 3.34. The number of nitrogens with zero attached hydrogens (tertiary/aromatic N) is 1. The first-order chi connectivity index (χ1) is 14.5. The van der Waals surface area contributed by atoms with Crippen molar-refractivity contribution in [3.05, 3.63) is 59.7 Å². The van der Waals surface area contributed by atoms with Gasteiger partial charge in [-0.1, -0.05) is 6.07 Å². The molecule has 1 aliphatic heterocycles. The van der Waals surface area contributed by atoms with Gasteiger partial charge in [-0.2, -0.15) is 0 Å². The maximum absolute atomic E-state index is 12.6. The molecule has 2 aromatic carbocycles. The van der Waals surface area contributed by atoms with Gasteiger partial charge in [0.15, 0.2) is 0 Å². The molecule has 2 aromatic rings. The Morgan fingerprint density at radius 3 is 2.33 bits per heavy atom. The van der Waals surface area contributed by atoms with Crippen molar-refractivity contribution in [3.8, 4) is 0 Å². The first kappa shape index (κ1) is 21.5. The first-order valence-corrected chi connectivity index (χ1v) is 10.2. The van der Waals surface area contributed by atoms with E-state index in [0.717, 1.165) is 6.42 Å². The van der Waals surface area contributed by atoms with Crippen LogP contribution in [-0.4, -0.2) is 48.4 Å². The second kappa shape index (κ2) is 10.0. The van der Waals surface area contributed by atoms with Gasteiger partial charge in [-0.15, -0.1) is 0 Å². The quantitative estimate of drug-likeness (QED) is 0.732. The van der Waals surface area contributed by atoms with E-state index in [1.165, 1.54) is 0 Å². The van der Waals surface area contributed by atoms with E-state index in [9.17, 15) is 14.4 Å². The zero-order valence-corrected chi connectivity index (χ0v) is 17.3. The number of hydrogen-bond donors (Lipinski definition) is 2. The SMILES string of the molecule is CCN(CC)C(=O)c1ccc(NC(=O)c2cccc(NC(=O)C3CCCO3)c2)cc1. The molecule has 1 unspecified atom stereocenters. The van der Waals surface area contributed by atoms with Gasteiger partial charge in [0.05, 0.1) is 0 Å². The van der Waals surface area contributed by atoms with Crippen molar-refractivity contribution >= 4 is 29.1 Å². The van der Waals surface area contributed by atoms with Crippen LogP contribution in [0.3, 0.4) is 0 Å². The standard InChI is InChI=1S/C23H27N3O4/c1-3-26(4-2)23(29)16-10-12-18(13-11-16)24-21(27)17-7-5-8-19(15-17)25-22(28)20-9-6-14-30-20/h5,7-8,10-13,15,20H,3-4,6,9,14H2,1-2H3,(H,24,27)(H,25,28). The first-order valence-electron chi connectivity index (χ1n) is 10.2. The van der Waals surface area contributed by atoms with Crippen molar-refractivity contribution in [2.24, 2.45) is 0 Å². The van der Waals surface area contributed by atoms with E-state index in [1.54, 1.807) is 53.4 Å². The largest absolute Gasteiger partial charge is 0.368 e. The lowest BCUT2D eigenvalue weighted by molar-refractivity contribution is -0.124. The van der Waals surface area contributed by atoms with Crippen molar-refractivity contribution < 1.29 is 19.1 Å². The fraction of sp³-hybridized carbons (Fsp3) is 0.348. The van der Waals surface area contributed by atoms with Gasteiger partial charge < -0.3 is 20.3 Å². The molecular formula is C23H27N3O4. The van der Waals surface area contributed by atoms with Gasteiger partial charge in [-0.25, -0.2) is 0 Å². The number of ether oxygens (including phenoxy) is 1. The summed E-state index contributed by atoms with van der Waals surface area (Å²) in [5.41, 5.74) is 2.13. The van der Waals surface area contributed by atoms with Crippen molar-refractivity contribution in [2.45, 2.75) is 32.8 Å². The van der Waals surface area contributed by atoms with Crippen LogP contribution in [-0.2, 0) is 9.53 Å². The Kier molecular flexibility index (Phi) is 7.19. The molecular weight excluding hydrogens is 382 g/mol. The van der Waals surface area contributed by atoms with Crippen LogP contribution >= 0.6 is 0 Å². The summed E-state index contributed by atoms with van der Waals surface area (Å²) in [7, 11) is 0. The van der Waals surface area contributed by atoms with Crippen LogP contribution in [0.4, 0.5) is 11.4 Å². The Morgan fingerprint density at radius 2 is 1.70 bits per heavy atom. The van der Waals surface area contributed by atoms with Crippen molar-refractivity contribution in [1.82, 2.24) is 4.90 Å². The summed E-state index contributed by atoms with van der Waals surface area (Å²) in [6, 6.07) is 13.6. The summed E-state index contributed by atoms with van der Waals surface area (Å²) < 4.78 is 5.38. The maximum atomic E-state index is 12.6. The minimum absolute atomic E-state index is 0.0347. The molecule has 2 N–H and O–H groups in total. The van der Waals surface area contributed by atoms with E-state index in [-0.39, 0.29) is 17.7 Å². The number of carbonyl (C=O) groups excluding carboxylic acids is 3. The molecule has 0 spiro atoms. The zero-order chi connectivity index (χ0) is 21.5. The van der Waals surface area contributed by atoms with Gasteiger partial charge >= 0.3 is 0 Å². The van der Waals surface area contributed by atoms with Crippen LogP contribution < -0.4 is 10.6 Å². The molecule has 1 heterocycles. The van der Waals surface area contributed by atoms with Crippen LogP contribution in [0.2, 0.25) is 0 Å². The van der Waals surface area contributed by atoms with Crippen LogP contribution in [0.5, 0.6) is 0 Å². The summed E-state index contributed by atoms with van der Waals surface area (Å²) >= 11 is 0. The van der Waals surface area contributed by atoms with Crippen LogP contribution in [0, 0.1) is 0 Å². The molecule has 0 aliphatic carbocycles. The number of amides is 3. The third-order valence-electron chi connectivity index (χ3n) is 5.05. The molecule has 1 atom stereocenters. The highest BCUT2D eigenvalue weighted by molar-refractivity contribution is 6.05. The Bertz CT molecular complexity index is 901. The van der Waals surface area contributed by atoms with Crippen LogP contribution in [0.15, 0.2) is 48.5 Å². The Hall–Kier alpha value is -3.19. The van der Waals surface area contributed by atoms with E-state index in [1.807, 2.05) is 13.8 Å². The molecule has 3 amide bonds. The van der Waals surface area contributed by atoms with Gasteiger partial charge in [0.25, 0.3) is 17.7 Å². The second-order valence-corrected chi connectivity index (χ2v) is 7.08. The Labute approximate surface area is 176 Å². The highest BCUT2D eigenvalue weighted by Crippen LogP contribution is 2.18. The predicted octanol–water partition coefficient (Wildman–Crippen LogP) is 3.54. The van der Waals surface area contributed by atoms with Crippen molar-refractivity contribution in [2.75, 3.05) is 30.3 Å². The number of carbonyl (C=O) groups is 3. The van der Waals surface area contributed by atoms with Gasteiger partial charge in [0, 0.05) is 42.2 Å². The average molecular weight is 409 g/mol. The Morgan fingerprint density at radius 1 is 0.967 bits per heavy atom. The summed E-state index contributed by atoms with van der Waals surface area (Å²) in [5, 5.41) is 5.61. The van der Waals surface area contributed by atoms with Crippen molar-refractivity contribution in [1.29, 1.82) is 0 Å². The van der Waals surface area contributed by atoms with Crippen LogP contribution in [0.1, 0.15) is 47.4 Å². The van der Waals surface area contributed by atoms with E-state index in [0.29, 0.717) is 48.6 Å². The molecule has 7 nitrogen and oxygen atoms in total. The van der Waals surface area contributed by atoms with E-state index in [2.05, 4.69) is 10.6 Å². The zero-order valence-electron chi connectivity index (χ0n) is 17.3. The molecule has 0 bridgehead atoms. The van der Waals surface area contributed by atoms with E-state index < -0.39 is 6.10 Å². The van der Waals surface area contributed by atoms with Crippen LogP contribution in [0.25, 0.3) is 0 Å². The Balaban J connectivity index is 1.63. The third-order valence-corrected chi connectivity index (χ3v) is 5.05. The monoisotopic (exact) mass is 409 g/mol. The number of rotatable bonds is 7. The smallest absolute Gasteiger partial charge is 0.255 e. The number of hydrogen-bond acceptors (Lipinski definition) is 4. The maximum Gasteiger partial charge on any atom is 0.255 e. The average Bonchev–Trinajstić information content (AvgIpc) is 3.30. The minimum atomic E-state index is -0.431. The summed E-state index contributed by atoms with van der Waals surface area (Å²) in [5.74, 6) is -0.530. The number of benzene rings is 2. The minimum Gasteiger partial charge on any atom is -0.368 e. The second-order valence-electron chi connectivity index (χ2n) is 7.08. The van der Waals surface area contributed by atoms with Gasteiger partial charge in [0.1, 0.15) is 6.10 Å². The van der Waals surface area contributed by atoms with Gasteiger partial charge in [0.2, 0.25) is 0 Å². The third kappa shape index (κ3) is 5.24. The molecule has 1 saturated heterocycles. The molecule has 30 heavy (non-hydrogen) atoms. The molecule has 3 rings (SSSR count). The summed E-state index contributed by atoms with van der Waals surface area (Å²) in [6.07, 6.45) is 1.15. The lowest BCUT2D eigenvalue weighted by Crippen LogP contribution is -2.30. The molecule has 0 radical (unpaired) electrons. The fourth-order valence-electron chi connectivity index (χ4n) is 3.34.